The van der Waals surface area contributed by atoms with E-state index in [1.807, 2.05) is 11.8 Å². The van der Waals surface area contributed by atoms with Gasteiger partial charge >= 0.3 is 5.97 Å². The predicted molar refractivity (Wildman–Crippen MR) is 67.4 cm³/mol. The zero-order valence-electron chi connectivity index (χ0n) is 9.65. The molecule has 0 unspecified atom stereocenters. The first-order valence-corrected chi connectivity index (χ1v) is 7.01. The molecule has 0 radical (unpaired) electrons. The average molecular weight is 255 g/mol. The zero-order valence-corrected chi connectivity index (χ0v) is 10.5. The molecule has 2 N–H and O–H groups in total. The molecule has 1 saturated heterocycles. The second kappa shape index (κ2) is 6.12. The Kier molecular flexibility index (Phi) is 4.50. The van der Waals surface area contributed by atoms with Gasteiger partial charge in [-0.3, -0.25) is 0 Å². The topological polar surface area (TPSA) is 62.5 Å². The highest BCUT2D eigenvalue weighted by Crippen LogP contribution is 2.22. The molecule has 1 aliphatic rings. The number of furan rings is 1. The van der Waals surface area contributed by atoms with Crippen LogP contribution in [0.15, 0.2) is 16.7 Å². The van der Waals surface area contributed by atoms with Crippen molar-refractivity contribution in [2.45, 2.75) is 19.4 Å². The molecular weight excluding hydrogens is 238 g/mol. The van der Waals surface area contributed by atoms with Gasteiger partial charge < -0.3 is 14.8 Å². The largest absolute Gasteiger partial charge is 0.478 e. The highest BCUT2D eigenvalue weighted by Gasteiger charge is 2.15. The Hall–Kier alpha value is -0.940. The molecule has 1 aromatic heterocycles. The Morgan fingerprint density at radius 2 is 2.29 bits per heavy atom. The molecule has 0 aliphatic carbocycles. The molecule has 0 aromatic carbocycles. The summed E-state index contributed by atoms with van der Waals surface area (Å²) in [6, 6.07) is 1.50. The number of nitrogens with one attached hydrogen (secondary N) is 1. The zero-order chi connectivity index (χ0) is 12.1. The molecule has 2 rings (SSSR count). The molecule has 0 atom stereocenters. The number of aromatic carboxylic acids is 1. The maximum Gasteiger partial charge on any atom is 0.339 e. The lowest BCUT2D eigenvalue weighted by atomic mass is 10.0. The Morgan fingerprint density at radius 1 is 1.53 bits per heavy atom. The third-order valence-electron chi connectivity index (χ3n) is 3.04. The van der Waals surface area contributed by atoms with Gasteiger partial charge in [-0.15, -0.1) is 0 Å². The number of hydrogen-bond acceptors (Lipinski definition) is 4. The van der Waals surface area contributed by atoms with Crippen molar-refractivity contribution in [3.8, 4) is 0 Å². The van der Waals surface area contributed by atoms with Crippen molar-refractivity contribution in [1.29, 1.82) is 0 Å². The Balaban J connectivity index is 1.77. The molecule has 0 amide bonds. The van der Waals surface area contributed by atoms with E-state index in [0.717, 1.165) is 12.5 Å². The summed E-state index contributed by atoms with van der Waals surface area (Å²) in [5.74, 6) is 2.80. The van der Waals surface area contributed by atoms with Gasteiger partial charge in [-0.2, -0.15) is 11.8 Å². The summed E-state index contributed by atoms with van der Waals surface area (Å²) in [6.45, 7) is 1.44. The average Bonchev–Trinajstić information content (AvgIpc) is 2.79. The van der Waals surface area contributed by atoms with E-state index in [4.69, 9.17) is 9.52 Å². The van der Waals surface area contributed by atoms with Crippen LogP contribution in [0.25, 0.3) is 0 Å². The van der Waals surface area contributed by atoms with Crippen molar-refractivity contribution >= 4 is 17.7 Å². The van der Waals surface area contributed by atoms with Crippen molar-refractivity contribution in [1.82, 2.24) is 5.32 Å². The molecule has 1 aromatic rings. The van der Waals surface area contributed by atoms with Crippen molar-refractivity contribution in [2.75, 3.05) is 18.1 Å². The third kappa shape index (κ3) is 3.51. The molecule has 5 heteroatoms. The summed E-state index contributed by atoms with van der Waals surface area (Å²) >= 11 is 2.01. The lowest BCUT2D eigenvalue weighted by molar-refractivity contribution is 0.0694. The highest BCUT2D eigenvalue weighted by atomic mass is 32.2. The van der Waals surface area contributed by atoms with Crippen LogP contribution in [0.4, 0.5) is 0 Å². The van der Waals surface area contributed by atoms with E-state index >= 15 is 0 Å². The summed E-state index contributed by atoms with van der Waals surface area (Å²) in [5, 5.41) is 12.2. The molecule has 0 bridgehead atoms. The van der Waals surface area contributed by atoms with Gasteiger partial charge in [-0.05, 0) is 42.9 Å². The smallest absolute Gasteiger partial charge is 0.339 e. The van der Waals surface area contributed by atoms with Crippen LogP contribution in [-0.2, 0) is 6.54 Å². The molecule has 1 fully saturated rings. The van der Waals surface area contributed by atoms with Gasteiger partial charge in [0.1, 0.15) is 11.3 Å². The monoisotopic (exact) mass is 255 g/mol. The number of hydrogen-bond donors (Lipinski definition) is 2. The van der Waals surface area contributed by atoms with Crippen LogP contribution in [0.2, 0.25) is 0 Å². The Bertz CT molecular complexity index is 372. The summed E-state index contributed by atoms with van der Waals surface area (Å²) in [7, 11) is 0. The van der Waals surface area contributed by atoms with Crippen molar-refractivity contribution in [3.05, 3.63) is 23.7 Å². The lowest BCUT2D eigenvalue weighted by Crippen LogP contribution is -2.25. The summed E-state index contributed by atoms with van der Waals surface area (Å²) in [4.78, 5) is 10.9. The molecular formula is C12H17NO3S. The fourth-order valence-electron chi connectivity index (χ4n) is 2.01. The predicted octanol–water partition coefficient (Wildman–Crippen LogP) is 2.21. The molecule has 0 spiro atoms. The van der Waals surface area contributed by atoms with E-state index < -0.39 is 5.97 Å². The normalized spacial score (nSPS) is 17.2. The second-order valence-corrected chi connectivity index (χ2v) is 5.47. The van der Waals surface area contributed by atoms with E-state index in [1.165, 1.54) is 36.7 Å². The minimum absolute atomic E-state index is 0.261. The second-order valence-electron chi connectivity index (χ2n) is 4.25. The van der Waals surface area contributed by atoms with E-state index in [2.05, 4.69) is 5.32 Å². The number of carboxylic acids is 1. The first kappa shape index (κ1) is 12.5. The van der Waals surface area contributed by atoms with E-state index in [0.29, 0.717) is 12.3 Å². The first-order chi connectivity index (χ1) is 8.27. The summed E-state index contributed by atoms with van der Waals surface area (Å²) in [5.41, 5.74) is 0.261. The SMILES string of the molecule is O=C(O)c1ccoc1CNCC1CCSCC1. The highest BCUT2D eigenvalue weighted by molar-refractivity contribution is 7.99. The molecule has 4 nitrogen and oxygen atoms in total. The minimum atomic E-state index is -0.926. The number of rotatable bonds is 5. The molecule has 2 heterocycles. The standard InChI is InChI=1S/C12H17NO3S/c14-12(15)10-1-4-16-11(10)8-13-7-9-2-5-17-6-3-9/h1,4,9,13H,2-3,5-8H2,(H,14,15). The van der Waals surface area contributed by atoms with E-state index in [1.54, 1.807) is 0 Å². The number of thioether (sulfide) groups is 1. The van der Waals surface area contributed by atoms with Gasteiger partial charge in [0.25, 0.3) is 0 Å². The van der Waals surface area contributed by atoms with Crippen LogP contribution in [-0.4, -0.2) is 29.1 Å². The van der Waals surface area contributed by atoms with E-state index in [9.17, 15) is 4.79 Å². The van der Waals surface area contributed by atoms with Crippen LogP contribution >= 0.6 is 11.8 Å². The van der Waals surface area contributed by atoms with Gasteiger partial charge in [-0.25, -0.2) is 4.79 Å². The summed E-state index contributed by atoms with van der Waals surface area (Å²) < 4.78 is 5.17. The van der Waals surface area contributed by atoms with Gasteiger partial charge in [0, 0.05) is 0 Å². The quantitative estimate of drug-likeness (QED) is 0.844. The minimum Gasteiger partial charge on any atom is -0.478 e. The first-order valence-electron chi connectivity index (χ1n) is 5.85. The van der Waals surface area contributed by atoms with Gasteiger partial charge in [0.2, 0.25) is 0 Å². The fraction of sp³-hybridized carbons (Fsp3) is 0.583. The molecule has 94 valence electrons. The van der Waals surface area contributed by atoms with E-state index in [-0.39, 0.29) is 5.56 Å². The van der Waals surface area contributed by atoms with Crippen LogP contribution in [0, 0.1) is 5.92 Å². The third-order valence-corrected chi connectivity index (χ3v) is 4.08. The maximum atomic E-state index is 10.9. The van der Waals surface area contributed by atoms with Gasteiger partial charge in [0.15, 0.2) is 0 Å². The summed E-state index contributed by atoms with van der Waals surface area (Å²) in [6.07, 6.45) is 3.93. The lowest BCUT2D eigenvalue weighted by Gasteiger charge is -2.21. The van der Waals surface area contributed by atoms with Crippen molar-refractivity contribution in [2.24, 2.45) is 5.92 Å². The Morgan fingerprint density at radius 3 is 3.00 bits per heavy atom. The van der Waals surface area contributed by atoms with Crippen molar-refractivity contribution < 1.29 is 14.3 Å². The number of carboxylic acid groups (broad SMARTS) is 1. The maximum absolute atomic E-state index is 10.9. The van der Waals surface area contributed by atoms with Crippen LogP contribution in [0.5, 0.6) is 0 Å². The van der Waals surface area contributed by atoms with Crippen LogP contribution in [0.3, 0.4) is 0 Å². The van der Waals surface area contributed by atoms with Crippen LogP contribution in [0.1, 0.15) is 29.0 Å². The fourth-order valence-corrected chi connectivity index (χ4v) is 3.21. The number of carbonyl (C=O) groups is 1. The van der Waals surface area contributed by atoms with Crippen molar-refractivity contribution in [3.63, 3.8) is 0 Å². The van der Waals surface area contributed by atoms with Gasteiger partial charge in [0.05, 0.1) is 12.8 Å². The Labute approximate surface area is 105 Å². The molecule has 0 saturated carbocycles. The van der Waals surface area contributed by atoms with Gasteiger partial charge in [-0.1, -0.05) is 0 Å². The molecule has 17 heavy (non-hydrogen) atoms. The molecule has 1 aliphatic heterocycles. The van der Waals surface area contributed by atoms with Crippen LogP contribution < -0.4 is 5.32 Å².